The Morgan fingerprint density at radius 2 is 2.03 bits per heavy atom. The molecule has 0 aliphatic carbocycles. The summed E-state index contributed by atoms with van der Waals surface area (Å²) >= 11 is 5.65. The molecule has 29 heavy (non-hydrogen) atoms. The van der Waals surface area contributed by atoms with Gasteiger partial charge in [-0.3, -0.25) is 9.78 Å². The van der Waals surface area contributed by atoms with E-state index in [0.29, 0.717) is 29.9 Å². The predicted octanol–water partition coefficient (Wildman–Crippen LogP) is 3.96. The van der Waals surface area contributed by atoms with Crippen LogP contribution in [0.25, 0.3) is 5.69 Å². The van der Waals surface area contributed by atoms with Crippen molar-refractivity contribution in [2.45, 2.75) is 19.0 Å². The van der Waals surface area contributed by atoms with E-state index in [0.717, 1.165) is 17.8 Å². The molecular weight excluding hydrogens is 412 g/mol. The number of carbonyl (C=O) groups is 1. The number of aromatic nitrogens is 3. The Kier molecular flexibility index (Phi) is 4.77. The molecule has 5 nitrogen and oxygen atoms in total. The van der Waals surface area contributed by atoms with E-state index in [4.69, 9.17) is 11.6 Å². The number of benzene rings is 1. The van der Waals surface area contributed by atoms with Gasteiger partial charge < -0.3 is 5.32 Å². The number of fused-ring (bicyclic) bond motifs is 1. The normalized spacial score (nSPS) is 13.9. The van der Waals surface area contributed by atoms with Crippen molar-refractivity contribution in [1.82, 2.24) is 20.1 Å². The van der Waals surface area contributed by atoms with E-state index in [1.54, 1.807) is 16.8 Å². The summed E-state index contributed by atoms with van der Waals surface area (Å²) in [4.78, 5) is 16.1. The number of halogens is 5. The topological polar surface area (TPSA) is 59.8 Å². The lowest BCUT2D eigenvalue weighted by molar-refractivity contribution is -0.140. The van der Waals surface area contributed by atoms with Gasteiger partial charge in [-0.05, 0) is 29.8 Å². The summed E-state index contributed by atoms with van der Waals surface area (Å²) < 4.78 is 54.4. The van der Waals surface area contributed by atoms with Gasteiger partial charge in [0.1, 0.15) is 0 Å². The van der Waals surface area contributed by atoms with E-state index in [2.05, 4.69) is 15.4 Å². The molecule has 0 bridgehead atoms. The smallest absolute Gasteiger partial charge is 0.352 e. The Bertz CT molecular complexity index is 1110. The molecule has 4 rings (SSSR count). The van der Waals surface area contributed by atoms with Gasteiger partial charge in [0.25, 0.3) is 5.91 Å². The molecule has 1 N–H and O–H groups in total. The largest absolute Gasteiger partial charge is 0.419 e. The maximum Gasteiger partial charge on any atom is 0.419 e. The molecule has 150 valence electrons. The zero-order valence-corrected chi connectivity index (χ0v) is 15.5. The summed E-state index contributed by atoms with van der Waals surface area (Å²) in [5, 5.41) is 6.38. The van der Waals surface area contributed by atoms with Crippen molar-refractivity contribution >= 4 is 17.5 Å². The highest BCUT2D eigenvalue weighted by atomic mass is 35.5. The third-order valence-electron chi connectivity index (χ3n) is 4.58. The van der Waals surface area contributed by atoms with Crippen LogP contribution in [0.1, 0.15) is 32.9 Å². The standard InChI is InChI=1S/C19H13ClF4N4O/c20-15-7-10(6-14(17(15)21)19(22,23)24)5-11-8-12(1-3-25-11)28-16-2-4-26-18(29)13(16)9-27-28/h1,3,6-9H,2,4-5H2,(H,26,29). The van der Waals surface area contributed by atoms with Crippen LogP contribution in [0.4, 0.5) is 17.6 Å². The van der Waals surface area contributed by atoms with Crippen LogP contribution in [0, 0.1) is 5.82 Å². The number of nitrogens with zero attached hydrogens (tertiary/aromatic N) is 3. The van der Waals surface area contributed by atoms with Gasteiger partial charge in [0.05, 0.1) is 33.7 Å². The molecule has 0 saturated heterocycles. The van der Waals surface area contributed by atoms with Crippen LogP contribution < -0.4 is 5.32 Å². The van der Waals surface area contributed by atoms with Gasteiger partial charge in [-0.25, -0.2) is 9.07 Å². The third-order valence-corrected chi connectivity index (χ3v) is 4.86. The summed E-state index contributed by atoms with van der Waals surface area (Å²) in [6, 6.07) is 5.22. The molecule has 1 amide bonds. The van der Waals surface area contributed by atoms with Crippen LogP contribution in [0.15, 0.2) is 36.7 Å². The van der Waals surface area contributed by atoms with Crippen molar-refractivity contribution in [2.24, 2.45) is 0 Å². The van der Waals surface area contributed by atoms with E-state index in [1.807, 2.05) is 0 Å². The van der Waals surface area contributed by atoms with Gasteiger partial charge in [-0.1, -0.05) is 11.6 Å². The van der Waals surface area contributed by atoms with Crippen molar-refractivity contribution in [1.29, 1.82) is 0 Å². The Labute approximate surface area is 167 Å². The molecule has 3 aromatic rings. The van der Waals surface area contributed by atoms with Crippen LogP contribution in [-0.2, 0) is 19.0 Å². The van der Waals surface area contributed by atoms with Crippen molar-refractivity contribution < 1.29 is 22.4 Å². The summed E-state index contributed by atoms with van der Waals surface area (Å²) in [7, 11) is 0. The molecule has 1 aliphatic rings. The van der Waals surface area contributed by atoms with Crippen molar-refractivity contribution in [3.05, 3.63) is 75.6 Å². The number of alkyl halides is 3. The van der Waals surface area contributed by atoms with E-state index in [9.17, 15) is 22.4 Å². The zero-order chi connectivity index (χ0) is 20.8. The van der Waals surface area contributed by atoms with E-state index < -0.39 is 22.6 Å². The average molecular weight is 425 g/mol. The Morgan fingerprint density at radius 1 is 1.24 bits per heavy atom. The van der Waals surface area contributed by atoms with E-state index in [-0.39, 0.29) is 17.9 Å². The fourth-order valence-corrected chi connectivity index (χ4v) is 3.51. The first-order chi connectivity index (χ1) is 13.7. The number of amides is 1. The predicted molar refractivity (Wildman–Crippen MR) is 96.6 cm³/mol. The molecule has 0 radical (unpaired) electrons. The summed E-state index contributed by atoms with van der Waals surface area (Å²) in [5.74, 6) is -1.70. The number of pyridine rings is 1. The first kappa shape index (κ1) is 19.4. The molecular formula is C19H13ClF4N4O. The lowest BCUT2D eigenvalue weighted by atomic mass is 10.0. The first-order valence-electron chi connectivity index (χ1n) is 8.59. The molecule has 1 aromatic carbocycles. The molecule has 0 atom stereocenters. The quantitative estimate of drug-likeness (QED) is 0.648. The first-order valence-corrected chi connectivity index (χ1v) is 8.97. The molecule has 2 aromatic heterocycles. The van der Waals surface area contributed by atoms with Crippen molar-refractivity contribution in [3.63, 3.8) is 0 Å². The SMILES string of the molecule is O=C1NCCc2c1cnn2-c1ccnc(Cc2cc(Cl)c(F)c(C(F)(F)F)c2)c1. The van der Waals surface area contributed by atoms with Crippen LogP contribution in [0.5, 0.6) is 0 Å². The minimum atomic E-state index is -4.85. The maximum atomic E-state index is 13.7. The van der Waals surface area contributed by atoms with Crippen LogP contribution in [0.3, 0.4) is 0 Å². The molecule has 0 unspecified atom stereocenters. The highest BCUT2D eigenvalue weighted by Gasteiger charge is 2.35. The highest BCUT2D eigenvalue weighted by molar-refractivity contribution is 6.30. The van der Waals surface area contributed by atoms with Gasteiger partial charge in [0.2, 0.25) is 0 Å². The van der Waals surface area contributed by atoms with Gasteiger partial charge in [0, 0.05) is 31.3 Å². The highest BCUT2D eigenvalue weighted by Crippen LogP contribution is 2.35. The number of carbonyl (C=O) groups excluding carboxylic acids is 1. The summed E-state index contributed by atoms with van der Waals surface area (Å²) in [6.07, 6.45) is -1.27. The third kappa shape index (κ3) is 3.69. The van der Waals surface area contributed by atoms with Gasteiger partial charge >= 0.3 is 6.18 Å². The molecule has 1 aliphatic heterocycles. The minimum absolute atomic E-state index is 0.0147. The summed E-state index contributed by atoms with van der Waals surface area (Å²) in [5.41, 5.74) is 1.06. The molecule has 0 spiro atoms. The van der Waals surface area contributed by atoms with Gasteiger partial charge in [0.15, 0.2) is 5.82 Å². The molecule has 0 saturated carbocycles. The molecule has 0 fully saturated rings. The lowest BCUT2D eigenvalue weighted by Crippen LogP contribution is -2.32. The van der Waals surface area contributed by atoms with Crippen LogP contribution in [-0.4, -0.2) is 27.2 Å². The van der Waals surface area contributed by atoms with Gasteiger partial charge in [-0.2, -0.15) is 18.3 Å². The van der Waals surface area contributed by atoms with E-state index in [1.165, 1.54) is 12.4 Å². The second-order valence-corrected chi connectivity index (χ2v) is 6.95. The van der Waals surface area contributed by atoms with Crippen molar-refractivity contribution in [2.75, 3.05) is 6.54 Å². The van der Waals surface area contributed by atoms with E-state index >= 15 is 0 Å². The Hall–Kier alpha value is -2.94. The lowest BCUT2D eigenvalue weighted by Gasteiger charge is -2.15. The molecule has 10 heteroatoms. The minimum Gasteiger partial charge on any atom is -0.352 e. The number of rotatable bonds is 3. The Morgan fingerprint density at radius 3 is 2.79 bits per heavy atom. The van der Waals surface area contributed by atoms with Gasteiger partial charge in [-0.15, -0.1) is 0 Å². The summed E-state index contributed by atoms with van der Waals surface area (Å²) in [6.45, 7) is 0.490. The maximum absolute atomic E-state index is 13.7. The van der Waals surface area contributed by atoms with Crippen LogP contribution >= 0.6 is 11.6 Å². The molecule has 3 heterocycles. The van der Waals surface area contributed by atoms with Crippen molar-refractivity contribution in [3.8, 4) is 5.69 Å². The fourth-order valence-electron chi connectivity index (χ4n) is 3.27. The zero-order valence-electron chi connectivity index (χ0n) is 14.7. The second kappa shape index (κ2) is 7.14. The number of hydrogen-bond donors (Lipinski definition) is 1. The second-order valence-electron chi connectivity index (χ2n) is 6.54. The fraction of sp³-hybridized carbons (Fsp3) is 0.211. The monoisotopic (exact) mass is 424 g/mol. The van der Waals surface area contributed by atoms with Crippen LogP contribution in [0.2, 0.25) is 5.02 Å². The Balaban J connectivity index is 1.68. The average Bonchev–Trinajstić information content (AvgIpc) is 3.09. The number of nitrogens with one attached hydrogen (secondary N) is 1. The number of hydrogen-bond acceptors (Lipinski definition) is 3.